The standard InChI is InChI=1S/C14H22O2/c1-3-11(4-2)13(15)12-6-9-16-14(10-12)7-5-8-14/h3,12H,4-10H2,1-2H3. The smallest absolute Gasteiger partial charge is 0.161 e. The molecule has 1 spiro atoms. The molecule has 1 saturated carbocycles. The van der Waals surface area contributed by atoms with Crippen LogP contribution in [0.5, 0.6) is 0 Å². The lowest BCUT2D eigenvalue weighted by atomic mass is 9.70. The molecular formula is C14H22O2. The quantitative estimate of drug-likeness (QED) is 0.685. The Labute approximate surface area is 98.1 Å². The van der Waals surface area contributed by atoms with E-state index >= 15 is 0 Å². The summed E-state index contributed by atoms with van der Waals surface area (Å²) in [6.45, 7) is 4.80. The van der Waals surface area contributed by atoms with Crippen LogP contribution in [-0.2, 0) is 9.53 Å². The second-order valence-electron chi connectivity index (χ2n) is 5.11. The number of ether oxygens (including phenoxy) is 1. The highest BCUT2D eigenvalue weighted by molar-refractivity contribution is 5.97. The Kier molecular flexibility index (Phi) is 3.48. The second-order valence-corrected chi connectivity index (χ2v) is 5.11. The molecule has 90 valence electrons. The van der Waals surface area contributed by atoms with E-state index in [1.165, 1.54) is 6.42 Å². The fourth-order valence-electron chi connectivity index (χ4n) is 2.95. The van der Waals surface area contributed by atoms with Crippen LogP contribution in [-0.4, -0.2) is 18.0 Å². The molecule has 2 heteroatoms. The van der Waals surface area contributed by atoms with E-state index in [-0.39, 0.29) is 11.5 Å². The predicted octanol–water partition coefficient (Wildman–Crippen LogP) is 3.26. The maximum absolute atomic E-state index is 12.3. The van der Waals surface area contributed by atoms with Gasteiger partial charge in [-0.1, -0.05) is 13.0 Å². The fraction of sp³-hybridized carbons (Fsp3) is 0.786. The normalized spacial score (nSPS) is 28.9. The predicted molar refractivity (Wildman–Crippen MR) is 64.3 cm³/mol. The molecule has 1 heterocycles. The number of hydrogen-bond donors (Lipinski definition) is 0. The highest BCUT2D eigenvalue weighted by Crippen LogP contribution is 2.44. The lowest BCUT2D eigenvalue weighted by Gasteiger charge is -2.47. The Balaban J connectivity index is 2.01. The molecule has 1 aliphatic heterocycles. The Morgan fingerprint density at radius 3 is 2.75 bits per heavy atom. The zero-order valence-electron chi connectivity index (χ0n) is 10.4. The summed E-state index contributed by atoms with van der Waals surface area (Å²) in [5, 5.41) is 0. The van der Waals surface area contributed by atoms with Gasteiger partial charge >= 0.3 is 0 Å². The first-order valence-corrected chi connectivity index (χ1v) is 6.54. The zero-order valence-corrected chi connectivity index (χ0v) is 10.4. The molecule has 1 atom stereocenters. The van der Waals surface area contributed by atoms with E-state index in [1.54, 1.807) is 0 Å². The van der Waals surface area contributed by atoms with E-state index in [1.807, 2.05) is 13.0 Å². The third kappa shape index (κ3) is 2.08. The molecule has 16 heavy (non-hydrogen) atoms. The van der Waals surface area contributed by atoms with E-state index in [4.69, 9.17) is 4.74 Å². The van der Waals surface area contributed by atoms with Gasteiger partial charge in [-0.15, -0.1) is 0 Å². The fourth-order valence-corrected chi connectivity index (χ4v) is 2.95. The van der Waals surface area contributed by atoms with E-state index in [9.17, 15) is 4.79 Å². The number of rotatable bonds is 3. The van der Waals surface area contributed by atoms with Crippen molar-refractivity contribution in [3.8, 4) is 0 Å². The molecule has 1 aliphatic carbocycles. The van der Waals surface area contributed by atoms with E-state index < -0.39 is 0 Å². The first-order valence-electron chi connectivity index (χ1n) is 6.54. The van der Waals surface area contributed by atoms with Gasteiger partial charge < -0.3 is 4.74 Å². The Morgan fingerprint density at radius 1 is 1.50 bits per heavy atom. The van der Waals surface area contributed by atoms with Crippen LogP contribution in [0.1, 0.15) is 52.4 Å². The Bertz CT molecular complexity index is 300. The van der Waals surface area contributed by atoms with Crippen LogP contribution in [0.3, 0.4) is 0 Å². The molecule has 2 nitrogen and oxygen atoms in total. The number of hydrogen-bond acceptors (Lipinski definition) is 2. The Hall–Kier alpha value is -0.630. The van der Waals surface area contributed by atoms with Crippen molar-refractivity contribution in [2.24, 2.45) is 5.92 Å². The number of carbonyl (C=O) groups excluding carboxylic acids is 1. The molecule has 0 aromatic rings. The van der Waals surface area contributed by atoms with Crippen molar-refractivity contribution in [3.05, 3.63) is 11.6 Å². The number of carbonyl (C=O) groups is 1. The van der Waals surface area contributed by atoms with Crippen LogP contribution in [0.15, 0.2) is 11.6 Å². The molecule has 1 unspecified atom stereocenters. The summed E-state index contributed by atoms with van der Waals surface area (Å²) in [7, 11) is 0. The summed E-state index contributed by atoms with van der Waals surface area (Å²) >= 11 is 0. The molecule has 0 radical (unpaired) electrons. The van der Waals surface area contributed by atoms with Gasteiger partial charge in [0.05, 0.1) is 5.60 Å². The van der Waals surface area contributed by atoms with Crippen LogP contribution in [0.25, 0.3) is 0 Å². The summed E-state index contributed by atoms with van der Waals surface area (Å²) in [4.78, 5) is 12.3. The summed E-state index contributed by atoms with van der Waals surface area (Å²) in [5.41, 5.74) is 1.09. The van der Waals surface area contributed by atoms with Gasteiger partial charge in [0, 0.05) is 12.5 Å². The van der Waals surface area contributed by atoms with Crippen LogP contribution < -0.4 is 0 Å². The number of allylic oxidation sites excluding steroid dienone is 2. The van der Waals surface area contributed by atoms with Gasteiger partial charge in [0.2, 0.25) is 0 Å². The van der Waals surface area contributed by atoms with Gasteiger partial charge in [-0.3, -0.25) is 4.79 Å². The average molecular weight is 222 g/mol. The lowest BCUT2D eigenvalue weighted by Crippen LogP contribution is -2.47. The van der Waals surface area contributed by atoms with Crippen molar-refractivity contribution in [2.75, 3.05) is 6.61 Å². The molecule has 0 amide bonds. The van der Waals surface area contributed by atoms with Crippen molar-refractivity contribution in [2.45, 2.75) is 58.0 Å². The number of Topliss-reactive ketones (excluding diaryl/α,β-unsaturated/α-hetero) is 1. The van der Waals surface area contributed by atoms with Gasteiger partial charge in [-0.25, -0.2) is 0 Å². The minimum Gasteiger partial charge on any atom is -0.375 e. The van der Waals surface area contributed by atoms with E-state index in [2.05, 4.69) is 6.92 Å². The molecular weight excluding hydrogens is 200 g/mol. The highest BCUT2D eigenvalue weighted by atomic mass is 16.5. The summed E-state index contributed by atoms with van der Waals surface area (Å²) in [6, 6.07) is 0. The van der Waals surface area contributed by atoms with Crippen LogP contribution in [0.4, 0.5) is 0 Å². The summed E-state index contributed by atoms with van der Waals surface area (Å²) in [6.07, 6.45) is 8.30. The minimum absolute atomic E-state index is 0.0885. The van der Waals surface area contributed by atoms with Gasteiger partial charge in [0.25, 0.3) is 0 Å². The number of ketones is 1. The summed E-state index contributed by atoms with van der Waals surface area (Å²) in [5.74, 6) is 0.597. The first-order chi connectivity index (χ1) is 7.71. The van der Waals surface area contributed by atoms with Crippen molar-refractivity contribution in [1.29, 1.82) is 0 Å². The molecule has 0 aromatic carbocycles. The molecule has 0 N–H and O–H groups in total. The van der Waals surface area contributed by atoms with Gasteiger partial charge in [-0.2, -0.15) is 0 Å². The van der Waals surface area contributed by atoms with E-state index in [0.717, 1.165) is 44.3 Å². The second kappa shape index (κ2) is 4.70. The minimum atomic E-state index is 0.0885. The van der Waals surface area contributed by atoms with Gasteiger partial charge in [0.15, 0.2) is 5.78 Å². The maximum Gasteiger partial charge on any atom is 0.161 e. The van der Waals surface area contributed by atoms with Crippen molar-refractivity contribution < 1.29 is 9.53 Å². The molecule has 2 aliphatic rings. The third-order valence-corrected chi connectivity index (χ3v) is 4.17. The molecule has 2 fully saturated rings. The van der Waals surface area contributed by atoms with Crippen molar-refractivity contribution in [1.82, 2.24) is 0 Å². The van der Waals surface area contributed by atoms with Crippen LogP contribution in [0, 0.1) is 5.92 Å². The molecule has 0 aromatic heterocycles. The van der Waals surface area contributed by atoms with Crippen LogP contribution in [0.2, 0.25) is 0 Å². The topological polar surface area (TPSA) is 26.3 Å². The zero-order chi connectivity index (χ0) is 11.6. The van der Waals surface area contributed by atoms with Crippen molar-refractivity contribution >= 4 is 5.78 Å². The average Bonchev–Trinajstić information content (AvgIpc) is 2.28. The third-order valence-electron chi connectivity index (χ3n) is 4.17. The Morgan fingerprint density at radius 2 is 2.25 bits per heavy atom. The molecule has 0 bridgehead atoms. The van der Waals surface area contributed by atoms with Crippen molar-refractivity contribution in [3.63, 3.8) is 0 Å². The van der Waals surface area contributed by atoms with E-state index in [0.29, 0.717) is 5.78 Å². The summed E-state index contributed by atoms with van der Waals surface area (Å²) < 4.78 is 5.86. The largest absolute Gasteiger partial charge is 0.375 e. The highest BCUT2D eigenvalue weighted by Gasteiger charge is 2.44. The maximum atomic E-state index is 12.3. The monoisotopic (exact) mass is 222 g/mol. The molecule has 2 rings (SSSR count). The molecule has 1 saturated heterocycles. The van der Waals surface area contributed by atoms with Gasteiger partial charge in [-0.05, 0) is 51.0 Å². The lowest BCUT2D eigenvalue weighted by molar-refractivity contribution is -0.153. The first kappa shape index (κ1) is 11.8. The van der Waals surface area contributed by atoms with Crippen LogP contribution >= 0.6 is 0 Å². The SMILES string of the molecule is CC=C(CC)C(=O)C1CCOC2(CCC2)C1. The van der Waals surface area contributed by atoms with Gasteiger partial charge in [0.1, 0.15) is 0 Å².